The first-order valence-corrected chi connectivity index (χ1v) is 17.6. The Balaban J connectivity index is 1.53. The zero-order valence-electron chi connectivity index (χ0n) is 29.6. The van der Waals surface area contributed by atoms with Gasteiger partial charge in [-0.1, -0.05) is 92.9 Å². The van der Waals surface area contributed by atoms with Crippen LogP contribution in [0.4, 0.5) is 5.69 Å². The van der Waals surface area contributed by atoms with Gasteiger partial charge in [-0.2, -0.15) is 0 Å². The van der Waals surface area contributed by atoms with Crippen molar-refractivity contribution < 1.29 is 19.0 Å². The Morgan fingerprint density at radius 2 is 1.51 bits per heavy atom. The normalized spacial score (nSPS) is 17.7. The number of esters is 1. The van der Waals surface area contributed by atoms with Crippen LogP contribution in [0.15, 0.2) is 103 Å². The minimum absolute atomic E-state index is 0.244. The number of allylic oxidation sites excluding steroid dienone is 2. The van der Waals surface area contributed by atoms with Crippen LogP contribution in [0.3, 0.4) is 0 Å². The molecule has 1 heterocycles. The lowest BCUT2D eigenvalue weighted by Crippen LogP contribution is -2.27. The van der Waals surface area contributed by atoms with Crippen LogP contribution in [0.5, 0.6) is 11.5 Å². The van der Waals surface area contributed by atoms with E-state index in [0.29, 0.717) is 24.4 Å². The summed E-state index contributed by atoms with van der Waals surface area (Å²) in [5.41, 5.74) is 10.1. The van der Waals surface area contributed by atoms with Gasteiger partial charge >= 0.3 is 5.97 Å². The van der Waals surface area contributed by atoms with Gasteiger partial charge in [0.2, 0.25) is 0 Å². The van der Waals surface area contributed by atoms with E-state index in [0.717, 1.165) is 56.1 Å². The van der Waals surface area contributed by atoms with Gasteiger partial charge in [-0.05, 0) is 104 Å². The van der Waals surface area contributed by atoms with Crippen LogP contribution in [0.1, 0.15) is 102 Å². The first-order chi connectivity index (χ1) is 23.7. The number of ether oxygens (including phenoxy) is 3. The molecule has 2 atom stereocenters. The molecule has 0 amide bonds. The molecule has 5 heteroatoms. The average molecular weight is 656 g/mol. The maximum absolute atomic E-state index is 13.0. The van der Waals surface area contributed by atoms with E-state index in [-0.39, 0.29) is 12.1 Å². The topological polar surface area (TPSA) is 56.8 Å². The number of rotatable bonds is 12. The lowest BCUT2D eigenvalue weighted by Gasteiger charge is -2.36. The number of carbonyl (C=O) groups is 1. The maximum Gasteiger partial charge on any atom is 0.339 e. The lowest BCUT2D eigenvalue weighted by molar-refractivity contribution is 0.0355. The summed E-state index contributed by atoms with van der Waals surface area (Å²) in [5.74, 6) is 1.37. The molecule has 4 aromatic carbocycles. The molecule has 0 saturated heterocycles. The van der Waals surface area contributed by atoms with E-state index < -0.39 is 5.41 Å². The molecular weight excluding hydrogens is 606 g/mol. The minimum Gasteiger partial charge on any atom is -0.497 e. The Morgan fingerprint density at radius 1 is 0.878 bits per heavy atom. The highest BCUT2D eigenvalue weighted by Gasteiger charge is 2.37. The number of carbonyl (C=O) groups excluding carboxylic acids is 1. The van der Waals surface area contributed by atoms with Crippen molar-refractivity contribution in [3.05, 3.63) is 142 Å². The highest BCUT2D eigenvalue weighted by atomic mass is 16.5. The fraction of sp³-hybridized carbons (Fsp3) is 0.341. The lowest BCUT2D eigenvalue weighted by atomic mass is 9.68. The van der Waals surface area contributed by atoms with Gasteiger partial charge in [0.15, 0.2) is 0 Å². The molecule has 254 valence electrons. The predicted molar refractivity (Wildman–Crippen MR) is 200 cm³/mol. The zero-order valence-corrected chi connectivity index (χ0v) is 29.6. The molecule has 0 bridgehead atoms. The predicted octanol–water partition coefficient (Wildman–Crippen LogP) is 10.7. The van der Waals surface area contributed by atoms with Crippen LogP contribution in [0.25, 0.3) is 5.57 Å². The summed E-state index contributed by atoms with van der Waals surface area (Å²) in [6, 6.07) is 29.9. The van der Waals surface area contributed by atoms with E-state index in [1.165, 1.54) is 37.7 Å². The van der Waals surface area contributed by atoms with Crippen molar-refractivity contribution in [2.75, 3.05) is 19.5 Å². The smallest absolute Gasteiger partial charge is 0.339 e. The molecule has 5 nitrogen and oxygen atoms in total. The standard InChI is InChI=1S/C44H49NO4/c1-7-39(42(31-15-19-34(47-5)20-16-31)37-24-14-30(3)28-40(37)45-33-11-9-8-10-12-33)44(4,32-17-21-35(48-6)22-18-32)26-25-41-36-23-13-29(2)27-38(36)43(46)49-41/h7,13-24,27-28,33,41,45H,1,8-12,25-26H2,2-6H3. The van der Waals surface area contributed by atoms with Crippen molar-refractivity contribution in [2.45, 2.75) is 83.3 Å². The van der Waals surface area contributed by atoms with Gasteiger partial charge < -0.3 is 19.5 Å². The second-order valence-electron chi connectivity index (χ2n) is 13.8. The largest absolute Gasteiger partial charge is 0.497 e. The summed E-state index contributed by atoms with van der Waals surface area (Å²) in [5, 5.41) is 3.98. The van der Waals surface area contributed by atoms with E-state index in [2.05, 4.69) is 74.3 Å². The van der Waals surface area contributed by atoms with Gasteiger partial charge in [0.25, 0.3) is 0 Å². The second-order valence-corrected chi connectivity index (χ2v) is 13.8. The Bertz CT molecular complexity index is 1830. The molecule has 0 spiro atoms. The summed E-state index contributed by atoms with van der Waals surface area (Å²) in [6.07, 6.45) is 9.23. The number of methoxy groups -OCH3 is 2. The molecule has 1 fully saturated rings. The Hall–Kier alpha value is -4.77. The molecule has 4 aromatic rings. The van der Waals surface area contributed by atoms with Gasteiger partial charge in [0.05, 0.1) is 19.8 Å². The summed E-state index contributed by atoms with van der Waals surface area (Å²) in [7, 11) is 3.39. The van der Waals surface area contributed by atoms with Crippen molar-refractivity contribution >= 4 is 17.2 Å². The SMILES string of the molecule is C=CC(=C(c1ccc(OC)cc1)c1ccc(C)cc1NC1CCCCC1)C(C)(CCC1OC(=O)c2cc(C)ccc21)c1ccc(OC)cc1. The van der Waals surface area contributed by atoms with Gasteiger partial charge in [0.1, 0.15) is 17.6 Å². The number of benzene rings is 4. The highest BCUT2D eigenvalue weighted by Crippen LogP contribution is 2.47. The average Bonchev–Trinajstić information content (AvgIpc) is 3.44. The summed E-state index contributed by atoms with van der Waals surface area (Å²) in [6.45, 7) is 10.9. The van der Waals surface area contributed by atoms with Crippen LogP contribution in [0.2, 0.25) is 0 Å². The third-order valence-electron chi connectivity index (χ3n) is 10.5. The second kappa shape index (κ2) is 14.8. The third kappa shape index (κ3) is 7.17. The molecule has 6 rings (SSSR count). The quantitative estimate of drug-likeness (QED) is 0.122. The number of nitrogens with one attached hydrogen (secondary N) is 1. The van der Waals surface area contributed by atoms with Crippen molar-refractivity contribution in [1.29, 1.82) is 0 Å². The summed E-state index contributed by atoms with van der Waals surface area (Å²) >= 11 is 0. The fourth-order valence-electron chi connectivity index (χ4n) is 7.69. The molecule has 2 unspecified atom stereocenters. The zero-order chi connectivity index (χ0) is 34.5. The molecule has 0 aromatic heterocycles. The highest BCUT2D eigenvalue weighted by molar-refractivity contribution is 5.94. The van der Waals surface area contributed by atoms with Gasteiger partial charge in [-0.15, -0.1) is 0 Å². The van der Waals surface area contributed by atoms with E-state index in [9.17, 15) is 4.79 Å². The van der Waals surface area contributed by atoms with Crippen molar-refractivity contribution in [2.24, 2.45) is 0 Å². The molecule has 1 N–H and O–H groups in total. The Morgan fingerprint density at radius 3 is 2.16 bits per heavy atom. The fourth-order valence-corrected chi connectivity index (χ4v) is 7.69. The molecular formula is C44H49NO4. The van der Waals surface area contributed by atoms with E-state index >= 15 is 0 Å². The molecule has 1 aliphatic carbocycles. The number of cyclic esters (lactones) is 1. The number of hydrogen-bond donors (Lipinski definition) is 1. The van der Waals surface area contributed by atoms with Gasteiger partial charge in [0, 0.05) is 28.3 Å². The van der Waals surface area contributed by atoms with Gasteiger partial charge in [-0.25, -0.2) is 4.79 Å². The maximum atomic E-state index is 13.0. The summed E-state index contributed by atoms with van der Waals surface area (Å²) < 4.78 is 17.2. The van der Waals surface area contributed by atoms with Crippen LogP contribution in [-0.4, -0.2) is 26.2 Å². The Kier molecular flexibility index (Phi) is 10.3. The van der Waals surface area contributed by atoms with E-state index in [1.54, 1.807) is 14.2 Å². The van der Waals surface area contributed by atoms with E-state index in [1.807, 2.05) is 49.4 Å². The molecule has 0 radical (unpaired) electrons. The van der Waals surface area contributed by atoms with E-state index in [4.69, 9.17) is 14.2 Å². The molecule has 49 heavy (non-hydrogen) atoms. The van der Waals surface area contributed by atoms with Crippen LogP contribution < -0.4 is 14.8 Å². The molecule has 1 saturated carbocycles. The van der Waals surface area contributed by atoms with Crippen molar-refractivity contribution in [3.63, 3.8) is 0 Å². The monoisotopic (exact) mass is 655 g/mol. The van der Waals surface area contributed by atoms with Gasteiger partial charge in [-0.3, -0.25) is 0 Å². The summed E-state index contributed by atoms with van der Waals surface area (Å²) in [4.78, 5) is 13.0. The molecule has 1 aliphatic heterocycles. The minimum atomic E-state index is -0.518. The number of aryl methyl sites for hydroxylation is 2. The Labute approximate surface area is 292 Å². The first kappa shape index (κ1) is 34.1. The number of fused-ring (bicyclic) bond motifs is 1. The van der Waals surface area contributed by atoms with Crippen LogP contribution in [0, 0.1) is 13.8 Å². The molecule has 2 aliphatic rings. The third-order valence-corrected chi connectivity index (χ3v) is 10.5. The number of anilines is 1. The van der Waals surface area contributed by atoms with Crippen molar-refractivity contribution in [1.82, 2.24) is 0 Å². The number of hydrogen-bond acceptors (Lipinski definition) is 5. The van der Waals surface area contributed by atoms with Crippen LogP contribution in [-0.2, 0) is 10.2 Å². The van der Waals surface area contributed by atoms with Crippen molar-refractivity contribution in [3.8, 4) is 11.5 Å². The first-order valence-electron chi connectivity index (χ1n) is 17.6. The van der Waals surface area contributed by atoms with Crippen LogP contribution >= 0.6 is 0 Å².